The van der Waals surface area contributed by atoms with E-state index in [0.717, 1.165) is 50.6 Å². The van der Waals surface area contributed by atoms with Crippen molar-refractivity contribution in [2.45, 2.75) is 44.6 Å². The Kier molecular flexibility index (Phi) is 4.74. The largest absolute Gasteiger partial charge is 0.371 e. The Bertz CT molecular complexity index is 568. The molecule has 0 N–H and O–H groups in total. The van der Waals surface area contributed by atoms with Crippen LogP contribution in [0, 0.1) is 0 Å². The summed E-state index contributed by atoms with van der Waals surface area (Å²) in [5, 5.41) is 0. The number of piperidine rings is 1. The summed E-state index contributed by atoms with van der Waals surface area (Å²) in [4.78, 5) is 19.8. The van der Waals surface area contributed by atoms with Crippen molar-refractivity contribution in [2.75, 3.05) is 44.2 Å². The van der Waals surface area contributed by atoms with Crippen LogP contribution in [0.25, 0.3) is 0 Å². The summed E-state index contributed by atoms with van der Waals surface area (Å²) >= 11 is 0. The van der Waals surface area contributed by atoms with Gasteiger partial charge in [-0.3, -0.25) is 4.79 Å². The molecule has 3 heterocycles. The van der Waals surface area contributed by atoms with Crippen LogP contribution in [-0.4, -0.2) is 61.0 Å². The molecular weight excluding hydrogens is 298 g/mol. The molecule has 0 unspecified atom stereocenters. The summed E-state index contributed by atoms with van der Waals surface area (Å²) in [6.45, 7) is 6.66. The molecule has 1 aromatic carbocycles. The van der Waals surface area contributed by atoms with Crippen molar-refractivity contribution >= 4 is 11.6 Å². The van der Waals surface area contributed by atoms with Crippen molar-refractivity contribution in [1.82, 2.24) is 9.80 Å². The fraction of sp³-hybridized carbons (Fsp3) is 0.650. The molecule has 0 spiro atoms. The molecule has 3 aliphatic rings. The van der Waals surface area contributed by atoms with Gasteiger partial charge in [-0.25, -0.2) is 0 Å². The molecule has 3 saturated heterocycles. The number of anilines is 1. The highest BCUT2D eigenvalue weighted by atomic mass is 16.2. The van der Waals surface area contributed by atoms with Gasteiger partial charge in [0.25, 0.3) is 5.91 Å². The van der Waals surface area contributed by atoms with Gasteiger partial charge in [-0.15, -0.1) is 0 Å². The van der Waals surface area contributed by atoms with Gasteiger partial charge in [0.1, 0.15) is 0 Å². The van der Waals surface area contributed by atoms with Crippen LogP contribution in [0.2, 0.25) is 0 Å². The van der Waals surface area contributed by atoms with Gasteiger partial charge in [-0.2, -0.15) is 0 Å². The molecule has 1 amide bonds. The number of carbonyl (C=O) groups is 1. The van der Waals surface area contributed by atoms with Crippen LogP contribution >= 0.6 is 0 Å². The Morgan fingerprint density at radius 1 is 0.875 bits per heavy atom. The Hall–Kier alpha value is -1.55. The number of benzene rings is 1. The monoisotopic (exact) mass is 327 g/mol. The topological polar surface area (TPSA) is 26.8 Å². The minimum Gasteiger partial charge on any atom is -0.371 e. The van der Waals surface area contributed by atoms with Gasteiger partial charge in [-0.05, 0) is 69.8 Å². The van der Waals surface area contributed by atoms with Crippen LogP contribution in [0.1, 0.15) is 48.9 Å². The van der Waals surface area contributed by atoms with E-state index in [4.69, 9.17) is 0 Å². The van der Waals surface area contributed by atoms with E-state index in [1.807, 2.05) is 17.0 Å². The van der Waals surface area contributed by atoms with Gasteiger partial charge in [-0.1, -0.05) is 6.07 Å². The van der Waals surface area contributed by atoms with Crippen LogP contribution in [0.5, 0.6) is 0 Å². The molecule has 0 radical (unpaired) electrons. The van der Waals surface area contributed by atoms with Crippen LogP contribution < -0.4 is 4.90 Å². The van der Waals surface area contributed by atoms with Crippen LogP contribution in [0.4, 0.5) is 5.69 Å². The van der Waals surface area contributed by atoms with Crippen molar-refractivity contribution in [2.24, 2.45) is 0 Å². The third kappa shape index (κ3) is 3.30. The number of carbonyl (C=O) groups excluding carboxylic acids is 1. The molecule has 4 heteroatoms. The van der Waals surface area contributed by atoms with Crippen LogP contribution in [0.3, 0.4) is 0 Å². The summed E-state index contributed by atoms with van der Waals surface area (Å²) in [6, 6.07) is 9.07. The first-order chi connectivity index (χ1) is 11.8. The van der Waals surface area contributed by atoms with Crippen LogP contribution in [-0.2, 0) is 0 Å². The van der Waals surface area contributed by atoms with E-state index in [9.17, 15) is 4.79 Å². The summed E-state index contributed by atoms with van der Waals surface area (Å²) in [5.74, 6) is 0.210. The minimum absolute atomic E-state index is 0.210. The van der Waals surface area contributed by atoms with E-state index in [-0.39, 0.29) is 5.91 Å². The van der Waals surface area contributed by atoms with Crippen LogP contribution in [0.15, 0.2) is 24.3 Å². The van der Waals surface area contributed by atoms with E-state index < -0.39 is 0 Å². The Morgan fingerprint density at radius 2 is 1.54 bits per heavy atom. The van der Waals surface area contributed by atoms with Crippen molar-refractivity contribution in [3.05, 3.63) is 29.8 Å². The lowest BCUT2D eigenvalue weighted by Crippen LogP contribution is -2.43. The smallest absolute Gasteiger partial charge is 0.253 e. The number of nitrogens with zero attached hydrogens (tertiary/aromatic N) is 3. The van der Waals surface area contributed by atoms with Gasteiger partial charge in [0.05, 0.1) is 0 Å². The molecule has 0 bridgehead atoms. The molecular formula is C20H29N3O. The molecule has 24 heavy (non-hydrogen) atoms. The van der Waals surface area contributed by atoms with E-state index in [2.05, 4.69) is 21.9 Å². The van der Waals surface area contributed by atoms with Gasteiger partial charge in [0.15, 0.2) is 0 Å². The fourth-order valence-electron chi connectivity index (χ4n) is 4.53. The minimum atomic E-state index is 0.210. The highest BCUT2D eigenvalue weighted by Gasteiger charge is 2.27. The molecule has 4 rings (SSSR count). The third-order valence-electron chi connectivity index (χ3n) is 5.97. The molecule has 3 fully saturated rings. The lowest BCUT2D eigenvalue weighted by molar-refractivity contribution is 0.0793. The summed E-state index contributed by atoms with van der Waals surface area (Å²) in [6.07, 6.45) is 7.56. The number of hydrogen-bond acceptors (Lipinski definition) is 3. The quantitative estimate of drug-likeness (QED) is 0.854. The SMILES string of the molecule is O=C(c1cccc(N2CCC(N3CCCC3)CC2)c1)N1CCCC1. The van der Waals surface area contributed by atoms with Crippen molar-refractivity contribution in [3.8, 4) is 0 Å². The fourth-order valence-corrected chi connectivity index (χ4v) is 4.53. The Balaban J connectivity index is 1.39. The average molecular weight is 327 g/mol. The summed E-state index contributed by atoms with van der Waals surface area (Å²) in [7, 11) is 0. The zero-order valence-corrected chi connectivity index (χ0v) is 14.6. The second-order valence-corrected chi connectivity index (χ2v) is 7.51. The molecule has 4 nitrogen and oxygen atoms in total. The first-order valence-electron chi connectivity index (χ1n) is 9.69. The van der Waals surface area contributed by atoms with Crippen molar-refractivity contribution in [3.63, 3.8) is 0 Å². The molecule has 130 valence electrons. The standard InChI is InChI=1S/C20H29N3O/c24-20(23-12-3-4-13-23)17-6-5-7-19(16-17)22-14-8-18(9-15-22)21-10-1-2-11-21/h5-7,16,18H,1-4,8-15H2. The predicted octanol–water partition coefficient (Wildman–Crippen LogP) is 2.99. The number of hydrogen-bond donors (Lipinski definition) is 0. The lowest BCUT2D eigenvalue weighted by Gasteiger charge is -2.38. The maximum absolute atomic E-state index is 12.6. The van der Waals surface area contributed by atoms with E-state index in [1.54, 1.807) is 0 Å². The maximum Gasteiger partial charge on any atom is 0.253 e. The normalized spacial score (nSPS) is 23.2. The first-order valence-corrected chi connectivity index (χ1v) is 9.69. The zero-order chi connectivity index (χ0) is 16.4. The van der Waals surface area contributed by atoms with Gasteiger partial charge in [0, 0.05) is 43.5 Å². The maximum atomic E-state index is 12.6. The molecule has 1 aromatic rings. The Morgan fingerprint density at radius 3 is 2.25 bits per heavy atom. The summed E-state index contributed by atoms with van der Waals surface area (Å²) < 4.78 is 0. The van der Waals surface area contributed by atoms with Gasteiger partial charge in [0.2, 0.25) is 0 Å². The van der Waals surface area contributed by atoms with Crippen molar-refractivity contribution in [1.29, 1.82) is 0 Å². The molecule has 0 aliphatic carbocycles. The molecule has 0 saturated carbocycles. The van der Waals surface area contributed by atoms with Gasteiger partial charge >= 0.3 is 0 Å². The number of amides is 1. The van der Waals surface area contributed by atoms with Crippen molar-refractivity contribution < 1.29 is 4.79 Å². The zero-order valence-electron chi connectivity index (χ0n) is 14.6. The van der Waals surface area contributed by atoms with E-state index >= 15 is 0 Å². The second-order valence-electron chi connectivity index (χ2n) is 7.51. The average Bonchev–Trinajstić information content (AvgIpc) is 3.35. The highest BCUT2D eigenvalue weighted by Crippen LogP contribution is 2.26. The number of rotatable bonds is 3. The molecule has 3 aliphatic heterocycles. The number of likely N-dealkylation sites (tertiary alicyclic amines) is 2. The second kappa shape index (κ2) is 7.14. The Labute approximate surface area is 145 Å². The van der Waals surface area contributed by atoms with E-state index in [0.29, 0.717) is 0 Å². The predicted molar refractivity (Wildman–Crippen MR) is 97.6 cm³/mol. The van der Waals surface area contributed by atoms with E-state index in [1.165, 1.54) is 44.5 Å². The lowest BCUT2D eigenvalue weighted by atomic mass is 10.0. The van der Waals surface area contributed by atoms with Gasteiger partial charge < -0.3 is 14.7 Å². The molecule has 0 aromatic heterocycles. The highest BCUT2D eigenvalue weighted by molar-refractivity contribution is 5.95. The molecule has 0 atom stereocenters. The first kappa shape index (κ1) is 15.9. The third-order valence-corrected chi connectivity index (χ3v) is 5.97. The summed E-state index contributed by atoms with van der Waals surface area (Å²) in [5.41, 5.74) is 2.08.